The van der Waals surface area contributed by atoms with Gasteiger partial charge in [-0.25, -0.2) is 0 Å². The van der Waals surface area contributed by atoms with Crippen LogP contribution in [0, 0.1) is 5.92 Å². The lowest BCUT2D eigenvalue weighted by atomic mass is 10.1. The van der Waals surface area contributed by atoms with Crippen molar-refractivity contribution in [1.29, 1.82) is 0 Å². The molecule has 1 fully saturated rings. The number of primary amides is 1. The van der Waals surface area contributed by atoms with Gasteiger partial charge in [-0.3, -0.25) is 4.79 Å². The average molecular weight is 214 g/mol. The highest BCUT2D eigenvalue weighted by Gasteiger charge is 2.32. The largest absolute Gasteiger partial charge is 0.383 e. The molecule has 0 aliphatic heterocycles. The Hall–Kier alpha value is -0.610. The van der Waals surface area contributed by atoms with Crippen molar-refractivity contribution in [2.75, 3.05) is 13.7 Å². The standard InChI is InChI=1S/C11H22N2O2/c1-3-4-9(8-5-6-8)13-10(7-15-2)11(12)14/h8-10,13H,3-7H2,1-2H3,(H2,12,14). The van der Waals surface area contributed by atoms with E-state index >= 15 is 0 Å². The zero-order valence-corrected chi connectivity index (χ0v) is 9.66. The third-order valence-electron chi connectivity index (χ3n) is 2.88. The number of amides is 1. The molecule has 0 saturated heterocycles. The Bertz CT molecular complexity index is 205. The van der Waals surface area contributed by atoms with Crippen LogP contribution in [0.25, 0.3) is 0 Å². The maximum atomic E-state index is 11.2. The Labute approximate surface area is 91.5 Å². The summed E-state index contributed by atoms with van der Waals surface area (Å²) in [5.41, 5.74) is 5.31. The molecule has 0 radical (unpaired) electrons. The van der Waals surface area contributed by atoms with E-state index in [0.29, 0.717) is 12.6 Å². The van der Waals surface area contributed by atoms with Crippen LogP contribution < -0.4 is 11.1 Å². The lowest BCUT2D eigenvalue weighted by Gasteiger charge is -2.23. The second kappa shape index (κ2) is 6.08. The predicted molar refractivity (Wildman–Crippen MR) is 59.4 cm³/mol. The summed E-state index contributed by atoms with van der Waals surface area (Å²) in [4.78, 5) is 11.2. The van der Waals surface area contributed by atoms with Crippen molar-refractivity contribution in [3.05, 3.63) is 0 Å². The van der Waals surface area contributed by atoms with E-state index in [1.165, 1.54) is 12.8 Å². The van der Waals surface area contributed by atoms with Crippen LogP contribution in [-0.4, -0.2) is 31.7 Å². The molecular formula is C11H22N2O2. The molecule has 3 N–H and O–H groups in total. The number of rotatable bonds is 8. The van der Waals surface area contributed by atoms with E-state index in [4.69, 9.17) is 10.5 Å². The van der Waals surface area contributed by atoms with Gasteiger partial charge in [0.25, 0.3) is 0 Å². The molecule has 1 saturated carbocycles. The van der Waals surface area contributed by atoms with Crippen LogP contribution >= 0.6 is 0 Å². The first kappa shape index (κ1) is 12.5. The van der Waals surface area contributed by atoms with E-state index in [-0.39, 0.29) is 11.9 Å². The molecule has 2 unspecified atom stereocenters. The minimum atomic E-state index is -0.341. The summed E-state index contributed by atoms with van der Waals surface area (Å²) in [7, 11) is 1.59. The van der Waals surface area contributed by atoms with Gasteiger partial charge in [0, 0.05) is 13.2 Å². The van der Waals surface area contributed by atoms with Gasteiger partial charge in [-0.2, -0.15) is 0 Å². The summed E-state index contributed by atoms with van der Waals surface area (Å²) in [6.45, 7) is 2.52. The zero-order chi connectivity index (χ0) is 11.3. The monoisotopic (exact) mass is 214 g/mol. The number of ether oxygens (including phenoxy) is 1. The van der Waals surface area contributed by atoms with Crippen molar-refractivity contribution < 1.29 is 9.53 Å². The fraction of sp³-hybridized carbons (Fsp3) is 0.909. The zero-order valence-electron chi connectivity index (χ0n) is 9.66. The minimum absolute atomic E-state index is 0.321. The van der Waals surface area contributed by atoms with Gasteiger partial charge in [-0.15, -0.1) is 0 Å². The molecule has 4 nitrogen and oxygen atoms in total. The molecular weight excluding hydrogens is 192 g/mol. The summed E-state index contributed by atoms with van der Waals surface area (Å²) >= 11 is 0. The molecule has 0 aromatic carbocycles. The normalized spacial score (nSPS) is 19.9. The van der Waals surface area contributed by atoms with Crippen molar-refractivity contribution in [2.24, 2.45) is 11.7 Å². The Morgan fingerprint density at radius 1 is 1.60 bits per heavy atom. The lowest BCUT2D eigenvalue weighted by molar-refractivity contribution is -0.121. The smallest absolute Gasteiger partial charge is 0.236 e. The molecule has 1 aliphatic rings. The van der Waals surface area contributed by atoms with Crippen LogP contribution in [0.4, 0.5) is 0 Å². The second-order valence-corrected chi connectivity index (χ2v) is 4.31. The Kier molecular flexibility index (Phi) is 5.05. The number of hydrogen-bond acceptors (Lipinski definition) is 3. The van der Waals surface area contributed by atoms with Crippen LogP contribution in [0.5, 0.6) is 0 Å². The van der Waals surface area contributed by atoms with Crippen molar-refractivity contribution in [2.45, 2.75) is 44.7 Å². The molecule has 15 heavy (non-hydrogen) atoms. The van der Waals surface area contributed by atoms with Crippen molar-refractivity contribution in [1.82, 2.24) is 5.32 Å². The molecule has 0 aromatic rings. The molecule has 0 aromatic heterocycles. The average Bonchev–Trinajstić information content (AvgIpc) is 2.99. The summed E-state index contributed by atoms with van der Waals surface area (Å²) in [5, 5.41) is 3.32. The first-order valence-corrected chi connectivity index (χ1v) is 5.73. The van der Waals surface area contributed by atoms with Crippen molar-refractivity contribution in [3.63, 3.8) is 0 Å². The van der Waals surface area contributed by atoms with E-state index in [2.05, 4.69) is 12.2 Å². The lowest BCUT2D eigenvalue weighted by Crippen LogP contribution is -2.49. The minimum Gasteiger partial charge on any atom is -0.383 e. The van der Waals surface area contributed by atoms with Gasteiger partial charge < -0.3 is 15.8 Å². The van der Waals surface area contributed by atoms with Gasteiger partial charge in [0.2, 0.25) is 5.91 Å². The van der Waals surface area contributed by atoms with Crippen LogP contribution in [-0.2, 0) is 9.53 Å². The van der Waals surface area contributed by atoms with Crippen molar-refractivity contribution in [3.8, 4) is 0 Å². The summed E-state index contributed by atoms with van der Waals surface area (Å²) in [5.74, 6) is 0.419. The quantitative estimate of drug-likeness (QED) is 0.623. The van der Waals surface area contributed by atoms with E-state index in [0.717, 1.165) is 18.8 Å². The van der Waals surface area contributed by atoms with Gasteiger partial charge in [0.1, 0.15) is 6.04 Å². The van der Waals surface area contributed by atoms with Gasteiger partial charge in [-0.05, 0) is 25.2 Å². The van der Waals surface area contributed by atoms with E-state index < -0.39 is 0 Å². The maximum Gasteiger partial charge on any atom is 0.236 e. The van der Waals surface area contributed by atoms with Crippen LogP contribution in [0.2, 0.25) is 0 Å². The maximum absolute atomic E-state index is 11.2. The topological polar surface area (TPSA) is 64.3 Å². The fourth-order valence-corrected chi connectivity index (χ4v) is 1.90. The molecule has 0 bridgehead atoms. The molecule has 4 heteroatoms. The second-order valence-electron chi connectivity index (χ2n) is 4.31. The highest BCUT2D eigenvalue weighted by molar-refractivity contribution is 5.80. The number of nitrogens with two attached hydrogens (primary N) is 1. The predicted octanol–water partition coefficient (Wildman–Crippen LogP) is 0.655. The van der Waals surface area contributed by atoms with Crippen LogP contribution in [0.1, 0.15) is 32.6 Å². The van der Waals surface area contributed by atoms with Gasteiger partial charge in [-0.1, -0.05) is 13.3 Å². The summed E-state index contributed by atoms with van der Waals surface area (Å²) in [6, 6.07) is 0.0924. The molecule has 1 rings (SSSR count). The highest BCUT2D eigenvalue weighted by Crippen LogP contribution is 2.34. The Morgan fingerprint density at radius 3 is 2.67 bits per heavy atom. The van der Waals surface area contributed by atoms with Crippen LogP contribution in [0.15, 0.2) is 0 Å². The fourth-order valence-electron chi connectivity index (χ4n) is 1.90. The third-order valence-corrected chi connectivity index (χ3v) is 2.88. The molecule has 1 amide bonds. The third kappa shape index (κ3) is 4.18. The number of nitrogens with one attached hydrogen (secondary N) is 1. The van der Waals surface area contributed by atoms with E-state index in [1.807, 2.05) is 0 Å². The van der Waals surface area contributed by atoms with Crippen LogP contribution in [0.3, 0.4) is 0 Å². The molecule has 1 aliphatic carbocycles. The first-order chi connectivity index (χ1) is 7.19. The van der Waals surface area contributed by atoms with E-state index in [1.54, 1.807) is 7.11 Å². The number of carbonyl (C=O) groups excluding carboxylic acids is 1. The summed E-state index contributed by atoms with van der Waals surface area (Å²) in [6.07, 6.45) is 4.79. The SMILES string of the molecule is CCCC(NC(COC)C(N)=O)C1CC1. The van der Waals surface area contributed by atoms with Gasteiger partial charge in [0.15, 0.2) is 0 Å². The molecule has 88 valence electrons. The van der Waals surface area contributed by atoms with Crippen molar-refractivity contribution >= 4 is 5.91 Å². The first-order valence-electron chi connectivity index (χ1n) is 5.73. The highest BCUT2D eigenvalue weighted by atomic mass is 16.5. The molecule has 0 spiro atoms. The van der Waals surface area contributed by atoms with Gasteiger partial charge >= 0.3 is 0 Å². The Morgan fingerprint density at radius 2 is 2.27 bits per heavy atom. The summed E-state index contributed by atoms with van der Waals surface area (Å²) < 4.78 is 4.98. The molecule has 0 heterocycles. The number of hydrogen-bond donors (Lipinski definition) is 2. The molecule has 2 atom stereocenters. The van der Waals surface area contributed by atoms with Gasteiger partial charge in [0.05, 0.1) is 6.61 Å². The number of carbonyl (C=O) groups is 1. The van der Waals surface area contributed by atoms with E-state index in [9.17, 15) is 4.79 Å². The number of methoxy groups -OCH3 is 1. The Balaban J connectivity index is 2.41.